The number of nitrogens with zero attached hydrogens (tertiary/aromatic N) is 2. The highest BCUT2D eigenvalue weighted by Gasteiger charge is 2.27. The molecule has 0 N–H and O–H groups in total. The molecule has 1 aliphatic rings. The lowest BCUT2D eigenvalue weighted by Crippen LogP contribution is -2.38. The molecule has 0 aliphatic carbocycles. The van der Waals surface area contributed by atoms with Gasteiger partial charge in [-0.2, -0.15) is 0 Å². The molecule has 136 valence electrons. The molecule has 2 heteroatoms. The molecular formula is C24H30N2. The summed E-state index contributed by atoms with van der Waals surface area (Å²) in [5, 5.41) is 1.48. The molecule has 0 spiro atoms. The van der Waals surface area contributed by atoms with E-state index in [9.17, 15) is 0 Å². The second kappa shape index (κ2) is 7.28. The lowest BCUT2D eigenvalue weighted by atomic mass is 9.99. The number of para-hydroxylation sites is 1. The minimum Gasteiger partial charge on any atom is -0.344 e. The highest BCUT2D eigenvalue weighted by atomic mass is 15.2. The maximum Gasteiger partial charge on any atom is 0.0515 e. The van der Waals surface area contributed by atoms with Crippen molar-refractivity contribution in [2.75, 3.05) is 6.54 Å². The van der Waals surface area contributed by atoms with E-state index in [0.717, 1.165) is 26.1 Å². The SMILES string of the molecule is CCN1Cc2c(n(CCCc3ccccc3)c3c(C)cccc23)CC1C. The van der Waals surface area contributed by atoms with Gasteiger partial charge in [-0.15, -0.1) is 0 Å². The zero-order chi connectivity index (χ0) is 18.1. The number of benzene rings is 2. The number of likely N-dealkylation sites (N-methyl/N-ethyl adjacent to an activating group) is 1. The van der Waals surface area contributed by atoms with Gasteiger partial charge < -0.3 is 4.57 Å². The van der Waals surface area contributed by atoms with Crippen molar-refractivity contribution >= 4 is 10.9 Å². The minimum absolute atomic E-state index is 0.630. The van der Waals surface area contributed by atoms with E-state index in [1.807, 2.05) is 0 Å². The summed E-state index contributed by atoms with van der Waals surface area (Å²) in [7, 11) is 0. The zero-order valence-corrected chi connectivity index (χ0v) is 16.3. The molecule has 0 fully saturated rings. The van der Waals surface area contributed by atoms with Gasteiger partial charge in [-0.05, 0) is 49.9 Å². The van der Waals surface area contributed by atoms with Crippen LogP contribution in [-0.4, -0.2) is 22.1 Å². The molecule has 2 nitrogen and oxygen atoms in total. The summed E-state index contributed by atoms with van der Waals surface area (Å²) in [6.07, 6.45) is 3.51. The molecular weight excluding hydrogens is 316 g/mol. The van der Waals surface area contributed by atoms with E-state index < -0.39 is 0 Å². The fourth-order valence-electron chi connectivity index (χ4n) is 4.65. The standard InChI is InChI=1S/C24H30N2/c1-4-25-17-22-21-14-8-10-18(2)24(21)26(23(22)16-19(25)3)15-9-13-20-11-6-5-7-12-20/h5-8,10-12,14,19H,4,9,13,15-17H2,1-3H3. The monoisotopic (exact) mass is 346 g/mol. The summed E-state index contributed by atoms with van der Waals surface area (Å²) < 4.78 is 2.65. The van der Waals surface area contributed by atoms with E-state index in [1.54, 1.807) is 11.3 Å². The van der Waals surface area contributed by atoms with E-state index in [4.69, 9.17) is 0 Å². The van der Waals surface area contributed by atoms with Crippen molar-refractivity contribution in [2.45, 2.75) is 59.2 Å². The number of rotatable bonds is 5. The van der Waals surface area contributed by atoms with E-state index in [1.165, 1.54) is 34.9 Å². The molecule has 4 rings (SSSR count). The number of aromatic nitrogens is 1. The number of fused-ring (bicyclic) bond motifs is 3. The summed E-state index contributed by atoms with van der Waals surface area (Å²) in [6.45, 7) is 10.3. The van der Waals surface area contributed by atoms with Gasteiger partial charge in [0, 0.05) is 36.6 Å². The summed E-state index contributed by atoms with van der Waals surface area (Å²) >= 11 is 0. The normalized spacial score (nSPS) is 17.6. The van der Waals surface area contributed by atoms with Gasteiger partial charge in [0.05, 0.1) is 5.52 Å². The predicted octanol–water partition coefficient (Wildman–Crippen LogP) is 5.35. The molecule has 3 aromatic rings. The average molecular weight is 347 g/mol. The molecule has 0 radical (unpaired) electrons. The summed E-state index contributed by atoms with van der Waals surface area (Å²) in [6, 6.07) is 18.3. The smallest absolute Gasteiger partial charge is 0.0515 e. The molecule has 1 atom stereocenters. The first kappa shape index (κ1) is 17.4. The first-order valence-electron chi connectivity index (χ1n) is 10.1. The van der Waals surface area contributed by atoms with Gasteiger partial charge in [0.25, 0.3) is 0 Å². The zero-order valence-electron chi connectivity index (χ0n) is 16.3. The summed E-state index contributed by atoms with van der Waals surface area (Å²) in [5.41, 5.74) is 7.48. The van der Waals surface area contributed by atoms with Gasteiger partial charge in [-0.25, -0.2) is 0 Å². The van der Waals surface area contributed by atoms with Crippen molar-refractivity contribution in [3.63, 3.8) is 0 Å². The Labute approximate surface area is 157 Å². The lowest BCUT2D eigenvalue weighted by molar-refractivity contribution is 0.192. The fraction of sp³-hybridized carbons (Fsp3) is 0.417. The largest absolute Gasteiger partial charge is 0.344 e. The maximum absolute atomic E-state index is 2.65. The van der Waals surface area contributed by atoms with E-state index in [-0.39, 0.29) is 0 Å². The molecule has 1 aromatic heterocycles. The Morgan fingerprint density at radius 1 is 1.04 bits per heavy atom. The molecule has 26 heavy (non-hydrogen) atoms. The molecule has 2 heterocycles. The average Bonchev–Trinajstić information content (AvgIpc) is 2.96. The van der Waals surface area contributed by atoms with Gasteiger partial charge in [-0.3, -0.25) is 4.90 Å². The third-order valence-electron chi connectivity index (χ3n) is 6.08. The Kier molecular flexibility index (Phi) is 4.86. The van der Waals surface area contributed by atoms with Crippen molar-refractivity contribution in [3.05, 3.63) is 70.9 Å². The molecule has 0 saturated heterocycles. The fourth-order valence-corrected chi connectivity index (χ4v) is 4.65. The quantitative estimate of drug-likeness (QED) is 0.604. The molecule has 0 bridgehead atoms. The van der Waals surface area contributed by atoms with Crippen LogP contribution in [0.3, 0.4) is 0 Å². The van der Waals surface area contributed by atoms with Crippen LogP contribution in [0.1, 0.15) is 42.7 Å². The molecule has 1 aliphatic heterocycles. The number of hydrogen-bond donors (Lipinski definition) is 0. The van der Waals surface area contributed by atoms with Crippen molar-refractivity contribution < 1.29 is 0 Å². The summed E-state index contributed by atoms with van der Waals surface area (Å²) in [5.74, 6) is 0. The molecule has 0 saturated carbocycles. The second-order valence-electron chi connectivity index (χ2n) is 7.75. The third kappa shape index (κ3) is 3.07. The van der Waals surface area contributed by atoms with Crippen molar-refractivity contribution in [1.82, 2.24) is 9.47 Å². The second-order valence-corrected chi connectivity index (χ2v) is 7.75. The Balaban J connectivity index is 1.68. The van der Waals surface area contributed by atoms with Gasteiger partial charge in [0.1, 0.15) is 0 Å². The van der Waals surface area contributed by atoms with Crippen LogP contribution in [0.5, 0.6) is 0 Å². The van der Waals surface area contributed by atoms with Crippen LogP contribution in [0.25, 0.3) is 10.9 Å². The van der Waals surface area contributed by atoms with E-state index in [0.29, 0.717) is 6.04 Å². The Hall–Kier alpha value is -2.06. The van der Waals surface area contributed by atoms with Crippen LogP contribution < -0.4 is 0 Å². The first-order chi connectivity index (χ1) is 12.7. The van der Waals surface area contributed by atoms with Crippen LogP contribution in [-0.2, 0) is 25.9 Å². The van der Waals surface area contributed by atoms with Crippen molar-refractivity contribution in [1.29, 1.82) is 0 Å². The van der Waals surface area contributed by atoms with E-state index >= 15 is 0 Å². The maximum atomic E-state index is 2.65. The number of aryl methyl sites for hydroxylation is 3. The minimum atomic E-state index is 0.630. The molecule has 0 amide bonds. The molecule has 1 unspecified atom stereocenters. The highest BCUT2D eigenvalue weighted by Crippen LogP contribution is 2.34. The van der Waals surface area contributed by atoms with Crippen LogP contribution in [0.2, 0.25) is 0 Å². The third-order valence-corrected chi connectivity index (χ3v) is 6.08. The van der Waals surface area contributed by atoms with Crippen LogP contribution >= 0.6 is 0 Å². The van der Waals surface area contributed by atoms with Gasteiger partial charge in [0.15, 0.2) is 0 Å². The van der Waals surface area contributed by atoms with Crippen molar-refractivity contribution in [2.24, 2.45) is 0 Å². The first-order valence-corrected chi connectivity index (χ1v) is 10.1. The van der Waals surface area contributed by atoms with Crippen molar-refractivity contribution in [3.8, 4) is 0 Å². The summed E-state index contributed by atoms with van der Waals surface area (Å²) in [4.78, 5) is 2.61. The Morgan fingerprint density at radius 2 is 1.85 bits per heavy atom. The van der Waals surface area contributed by atoms with E-state index in [2.05, 4.69) is 78.8 Å². The lowest BCUT2D eigenvalue weighted by Gasteiger charge is -2.33. The van der Waals surface area contributed by atoms with Gasteiger partial charge >= 0.3 is 0 Å². The van der Waals surface area contributed by atoms with Gasteiger partial charge in [-0.1, -0.05) is 55.5 Å². The highest BCUT2D eigenvalue weighted by molar-refractivity contribution is 5.88. The Bertz CT molecular complexity index is 891. The van der Waals surface area contributed by atoms with Crippen LogP contribution in [0, 0.1) is 6.92 Å². The van der Waals surface area contributed by atoms with Gasteiger partial charge in [0.2, 0.25) is 0 Å². The van der Waals surface area contributed by atoms with Crippen LogP contribution in [0.15, 0.2) is 48.5 Å². The Morgan fingerprint density at radius 3 is 2.62 bits per heavy atom. The number of hydrogen-bond acceptors (Lipinski definition) is 1. The predicted molar refractivity (Wildman–Crippen MR) is 111 cm³/mol. The van der Waals surface area contributed by atoms with Crippen LogP contribution in [0.4, 0.5) is 0 Å². The molecule has 2 aromatic carbocycles. The topological polar surface area (TPSA) is 8.17 Å².